The van der Waals surface area contributed by atoms with Crippen molar-refractivity contribution in [3.63, 3.8) is 0 Å². The van der Waals surface area contributed by atoms with Crippen LogP contribution in [0.2, 0.25) is 0 Å². The van der Waals surface area contributed by atoms with Crippen LogP contribution in [0, 0.1) is 27.7 Å². The van der Waals surface area contributed by atoms with Crippen LogP contribution >= 0.6 is 0 Å². The fraction of sp³-hybridized carbons (Fsp3) is 0.143. The van der Waals surface area contributed by atoms with Crippen molar-refractivity contribution in [2.75, 3.05) is 0 Å². The smallest absolute Gasteiger partial charge is 0.0886 e. The van der Waals surface area contributed by atoms with Crippen molar-refractivity contribution in [2.24, 2.45) is 20.5 Å². The second-order valence-electron chi connectivity index (χ2n) is 8.07. The molecule has 4 rings (SSSR count). The van der Waals surface area contributed by atoms with Crippen LogP contribution in [0.3, 0.4) is 0 Å². The predicted octanol–water partition coefficient (Wildman–Crippen LogP) is 9.42. The van der Waals surface area contributed by atoms with Gasteiger partial charge in [-0.25, -0.2) is 0 Å². The van der Waals surface area contributed by atoms with Crippen LogP contribution in [-0.2, 0) is 0 Å². The molecule has 4 nitrogen and oxygen atoms in total. The zero-order valence-electron chi connectivity index (χ0n) is 18.9. The molecule has 4 aromatic carbocycles. The Kier molecular flexibility index (Phi) is 6.31. The van der Waals surface area contributed by atoms with Crippen molar-refractivity contribution in [1.29, 1.82) is 0 Å². The third-order valence-electron chi connectivity index (χ3n) is 5.34. The van der Waals surface area contributed by atoms with Gasteiger partial charge in [-0.05, 0) is 98.5 Å². The Labute approximate surface area is 189 Å². The lowest BCUT2D eigenvalue weighted by molar-refractivity contribution is 1.20. The maximum absolute atomic E-state index is 4.43. The quantitative estimate of drug-likeness (QED) is 0.290. The molecule has 0 aliphatic carbocycles. The summed E-state index contributed by atoms with van der Waals surface area (Å²) in [6.45, 7) is 8.28. The molecule has 0 saturated heterocycles. The number of hydrogen-bond donors (Lipinski definition) is 0. The third kappa shape index (κ3) is 5.22. The Balaban J connectivity index is 1.52. The Morgan fingerprint density at radius 3 is 1.53 bits per heavy atom. The van der Waals surface area contributed by atoms with Crippen LogP contribution in [-0.4, -0.2) is 0 Å². The first-order valence-electron chi connectivity index (χ1n) is 10.7. The van der Waals surface area contributed by atoms with E-state index in [1.165, 1.54) is 16.7 Å². The van der Waals surface area contributed by atoms with Crippen LogP contribution in [0.1, 0.15) is 22.3 Å². The first-order valence-corrected chi connectivity index (χ1v) is 10.7. The third-order valence-corrected chi connectivity index (χ3v) is 5.34. The average molecular weight is 419 g/mol. The van der Waals surface area contributed by atoms with Gasteiger partial charge in [-0.3, -0.25) is 0 Å². The molecule has 0 N–H and O–H groups in total. The minimum atomic E-state index is 0.840. The van der Waals surface area contributed by atoms with Gasteiger partial charge in [-0.15, -0.1) is 0 Å². The van der Waals surface area contributed by atoms with Crippen LogP contribution in [0.25, 0.3) is 11.1 Å². The Bertz CT molecular complexity index is 1280. The Morgan fingerprint density at radius 1 is 0.438 bits per heavy atom. The molecule has 0 radical (unpaired) electrons. The van der Waals surface area contributed by atoms with Crippen LogP contribution < -0.4 is 0 Å². The first-order chi connectivity index (χ1) is 15.5. The summed E-state index contributed by atoms with van der Waals surface area (Å²) >= 11 is 0. The Morgan fingerprint density at radius 2 is 0.969 bits per heavy atom. The van der Waals surface area contributed by atoms with Gasteiger partial charge in [-0.1, -0.05) is 47.5 Å². The molecule has 0 fully saturated rings. The first kappa shape index (κ1) is 21.3. The summed E-state index contributed by atoms with van der Waals surface area (Å²) in [6.07, 6.45) is 0. The number of azo groups is 2. The molecule has 4 aromatic rings. The van der Waals surface area contributed by atoms with Gasteiger partial charge in [0.25, 0.3) is 0 Å². The lowest BCUT2D eigenvalue weighted by atomic mass is 9.98. The highest BCUT2D eigenvalue weighted by Crippen LogP contribution is 2.32. The molecule has 0 amide bonds. The van der Waals surface area contributed by atoms with Crippen molar-refractivity contribution < 1.29 is 0 Å². The monoisotopic (exact) mass is 418 g/mol. The van der Waals surface area contributed by atoms with Gasteiger partial charge in [0.1, 0.15) is 0 Å². The molecular formula is C28H26N4. The molecule has 32 heavy (non-hydrogen) atoms. The SMILES string of the molecule is Cc1ccc(N=Nc2ccc(-c3ccc(N=Nc4ccc(C)cc4)c(C)c3)c(C)c2)cc1. The maximum Gasteiger partial charge on any atom is 0.0886 e. The van der Waals surface area contributed by atoms with Crippen molar-refractivity contribution in [3.05, 3.63) is 107 Å². The van der Waals surface area contributed by atoms with Crippen molar-refractivity contribution >= 4 is 22.7 Å². The molecule has 158 valence electrons. The van der Waals surface area contributed by atoms with Crippen LogP contribution in [0.5, 0.6) is 0 Å². The van der Waals surface area contributed by atoms with E-state index in [9.17, 15) is 0 Å². The van der Waals surface area contributed by atoms with Gasteiger partial charge in [0, 0.05) is 0 Å². The van der Waals surface area contributed by atoms with Crippen molar-refractivity contribution in [2.45, 2.75) is 27.7 Å². The number of nitrogens with zero attached hydrogens (tertiary/aromatic N) is 4. The number of benzene rings is 4. The van der Waals surface area contributed by atoms with Gasteiger partial charge in [0.15, 0.2) is 0 Å². The maximum atomic E-state index is 4.43. The van der Waals surface area contributed by atoms with Gasteiger partial charge in [-0.2, -0.15) is 20.5 Å². The minimum absolute atomic E-state index is 0.840. The van der Waals surface area contributed by atoms with E-state index in [2.05, 4.69) is 72.4 Å². The van der Waals surface area contributed by atoms with E-state index >= 15 is 0 Å². The minimum Gasteiger partial charge on any atom is -0.151 e. The highest BCUT2D eigenvalue weighted by Gasteiger charge is 2.06. The Hall–Kier alpha value is -3.92. The zero-order chi connectivity index (χ0) is 22.5. The van der Waals surface area contributed by atoms with Crippen molar-refractivity contribution in [1.82, 2.24) is 0 Å². The van der Waals surface area contributed by atoms with E-state index in [0.717, 1.165) is 39.4 Å². The molecule has 4 heteroatoms. The van der Waals surface area contributed by atoms with E-state index in [-0.39, 0.29) is 0 Å². The molecule has 0 spiro atoms. The lowest BCUT2D eigenvalue weighted by Crippen LogP contribution is -1.84. The highest BCUT2D eigenvalue weighted by atomic mass is 15.1. The lowest BCUT2D eigenvalue weighted by Gasteiger charge is -2.09. The molecule has 0 unspecified atom stereocenters. The average Bonchev–Trinajstić information content (AvgIpc) is 2.79. The van der Waals surface area contributed by atoms with Crippen molar-refractivity contribution in [3.8, 4) is 11.1 Å². The fourth-order valence-electron chi connectivity index (χ4n) is 3.42. The summed E-state index contributed by atoms with van der Waals surface area (Å²) in [6, 6.07) is 28.5. The molecule has 0 aliphatic rings. The summed E-state index contributed by atoms with van der Waals surface area (Å²) < 4.78 is 0. The van der Waals surface area contributed by atoms with Crippen LogP contribution in [0.4, 0.5) is 22.7 Å². The number of hydrogen-bond acceptors (Lipinski definition) is 4. The molecule has 0 bridgehead atoms. The summed E-state index contributed by atoms with van der Waals surface area (Å²) in [5.74, 6) is 0. The number of aryl methyl sites for hydroxylation is 4. The van der Waals surface area contributed by atoms with Crippen LogP contribution in [0.15, 0.2) is 105 Å². The van der Waals surface area contributed by atoms with Gasteiger partial charge in [0.2, 0.25) is 0 Å². The predicted molar refractivity (Wildman–Crippen MR) is 132 cm³/mol. The molecule has 0 heterocycles. The summed E-state index contributed by atoms with van der Waals surface area (Å²) in [7, 11) is 0. The van der Waals surface area contributed by atoms with E-state index in [1.807, 2.05) is 60.7 Å². The number of rotatable bonds is 5. The summed E-state index contributed by atoms with van der Waals surface area (Å²) in [5, 5.41) is 17.5. The molecule has 0 saturated carbocycles. The second kappa shape index (κ2) is 9.48. The topological polar surface area (TPSA) is 49.4 Å². The van der Waals surface area contributed by atoms with Gasteiger partial charge in [0.05, 0.1) is 22.7 Å². The van der Waals surface area contributed by atoms with Gasteiger partial charge >= 0.3 is 0 Å². The normalized spacial score (nSPS) is 11.5. The fourth-order valence-corrected chi connectivity index (χ4v) is 3.42. The largest absolute Gasteiger partial charge is 0.151 e. The molecule has 0 aliphatic heterocycles. The van der Waals surface area contributed by atoms with E-state index in [0.29, 0.717) is 0 Å². The highest BCUT2D eigenvalue weighted by molar-refractivity contribution is 5.72. The van der Waals surface area contributed by atoms with Gasteiger partial charge < -0.3 is 0 Å². The van der Waals surface area contributed by atoms with E-state index in [1.54, 1.807) is 0 Å². The molecule has 0 atom stereocenters. The van der Waals surface area contributed by atoms with E-state index < -0.39 is 0 Å². The second-order valence-corrected chi connectivity index (χ2v) is 8.07. The summed E-state index contributed by atoms with van der Waals surface area (Å²) in [4.78, 5) is 0. The molecule has 0 aromatic heterocycles. The van der Waals surface area contributed by atoms with E-state index in [4.69, 9.17) is 0 Å². The standard InChI is InChI=1S/C28H26N4/c1-19-5-10-24(11-6-19)29-31-26-14-15-27(21(3)18-26)23-9-16-28(22(4)17-23)32-30-25-12-7-20(2)8-13-25/h5-18H,1-4H3. The zero-order valence-corrected chi connectivity index (χ0v) is 18.9. The molecular weight excluding hydrogens is 392 g/mol. The summed E-state index contributed by atoms with van der Waals surface area (Å²) in [5.41, 5.74) is 10.4.